The van der Waals surface area contributed by atoms with Gasteiger partial charge in [-0.2, -0.15) is 0 Å². The average Bonchev–Trinajstić information content (AvgIpc) is 2.95. The lowest BCUT2D eigenvalue weighted by molar-refractivity contribution is -0.130. The number of likely N-dealkylation sites (N-methyl/N-ethyl adjacent to an activating group) is 1. The largest absolute Gasteiger partial charge is 0.478 e. The SMILES string of the molecule is C=C(C(=O)O)c1cccc(-c2cccc(CS(=O)(=O)N(C)CC(O)CNC(C)(C)Cc3ccc4ccccc4c3)c2)c1. The second-order valence-electron chi connectivity index (χ2n) is 11.4. The van der Waals surface area contributed by atoms with Gasteiger partial charge in [0.1, 0.15) is 0 Å². The van der Waals surface area contributed by atoms with E-state index in [-0.39, 0.29) is 30.0 Å². The van der Waals surface area contributed by atoms with Crippen LogP contribution in [0.3, 0.4) is 0 Å². The standard InChI is InChI=1S/C34H38N2O5S/c1-24(33(38)39)28-12-8-14-31(19-28)30-13-7-9-26(18-30)23-42(40,41)36(4)22-32(37)21-35-34(2,3)20-25-15-16-27-10-5-6-11-29(27)17-25/h5-19,32,35,37H,1,20-23H2,2-4H3,(H,38,39). The highest BCUT2D eigenvalue weighted by Crippen LogP contribution is 2.25. The molecule has 8 heteroatoms. The smallest absolute Gasteiger partial charge is 0.335 e. The molecule has 0 radical (unpaired) electrons. The van der Waals surface area contributed by atoms with Gasteiger partial charge in [0.05, 0.1) is 17.4 Å². The third kappa shape index (κ3) is 8.14. The molecule has 7 nitrogen and oxygen atoms in total. The summed E-state index contributed by atoms with van der Waals surface area (Å²) in [4.78, 5) is 11.3. The highest BCUT2D eigenvalue weighted by Gasteiger charge is 2.24. The number of β-amino-alcohol motifs (C(OH)–C–C–N with tert-alkyl or cyclic N) is 1. The molecule has 1 atom stereocenters. The first-order valence-corrected chi connectivity index (χ1v) is 15.4. The fourth-order valence-corrected chi connectivity index (χ4v) is 6.18. The van der Waals surface area contributed by atoms with E-state index in [1.165, 1.54) is 27.7 Å². The molecule has 0 bridgehead atoms. The Morgan fingerprint density at radius 3 is 2.29 bits per heavy atom. The predicted molar refractivity (Wildman–Crippen MR) is 170 cm³/mol. The number of fused-ring (bicyclic) bond motifs is 1. The summed E-state index contributed by atoms with van der Waals surface area (Å²) in [6.07, 6.45) is -0.139. The number of carbonyl (C=O) groups is 1. The van der Waals surface area contributed by atoms with E-state index in [0.29, 0.717) is 11.1 Å². The number of aliphatic carboxylic acids is 1. The van der Waals surface area contributed by atoms with E-state index in [1.807, 2.05) is 24.3 Å². The Morgan fingerprint density at radius 1 is 0.905 bits per heavy atom. The maximum Gasteiger partial charge on any atom is 0.335 e. The molecule has 0 amide bonds. The normalized spacial score (nSPS) is 12.9. The number of hydrogen-bond donors (Lipinski definition) is 3. The van der Waals surface area contributed by atoms with E-state index >= 15 is 0 Å². The van der Waals surface area contributed by atoms with Crippen molar-refractivity contribution >= 4 is 32.3 Å². The fourth-order valence-electron chi connectivity index (χ4n) is 4.96. The van der Waals surface area contributed by atoms with E-state index in [2.05, 4.69) is 56.1 Å². The van der Waals surface area contributed by atoms with Gasteiger partial charge in [-0.25, -0.2) is 17.5 Å². The predicted octanol–water partition coefficient (Wildman–Crippen LogP) is 5.34. The van der Waals surface area contributed by atoms with E-state index < -0.39 is 22.1 Å². The maximum absolute atomic E-state index is 13.2. The Morgan fingerprint density at radius 2 is 1.57 bits per heavy atom. The summed E-state index contributed by atoms with van der Waals surface area (Å²) < 4.78 is 27.5. The highest BCUT2D eigenvalue weighted by atomic mass is 32.2. The molecule has 4 rings (SSSR count). The summed E-state index contributed by atoms with van der Waals surface area (Å²) in [6, 6.07) is 28.7. The number of hydrogen-bond acceptors (Lipinski definition) is 5. The van der Waals surface area contributed by atoms with Gasteiger partial charge in [-0.05, 0) is 64.9 Å². The summed E-state index contributed by atoms with van der Waals surface area (Å²) in [5.74, 6) is -1.33. The van der Waals surface area contributed by atoms with Crippen molar-refractivity contribution in [3.63, 3.8) is 0 Å². The molecular formula is C34H38N2O5S. The molecule has 4 aromatic rings. The zero-order valence-corrected chi connectivity index (χ0v) is 25.1. The van der Waals surface area contributed by atoms with Crippen molar-refractivity contribution in [2.45, 2.75) is 37.7 Å². The zero-order chi connectivity index (χ0) is 30.5. The number of aliphatic hydroxyl groups excluding tert-OH is 1. The van der Waals surface area contributed by atoms with Crippen molar-refractivity contribution in [1.82, 2.24) is 9.62 Å². The Kier molecular flexibility index (Phi) is 9.64. The van der Waals surface area contributed by atoms with E-state index in [4.69, 9.17) is 0 Å². The van der Waals surface area contributed by atoms with Crippen molar-refractivity contribution in [2.24, 2.45) is 0 Å². The van der Waals surface area contributed by atoms with Crippen molar-refractivity contribution < 1.29 is 23.4 Å². The van der Waals surface area contributed by atoms with E-state index in [0.717, 1.165) is 17.5 Å². The quantitative estimate of drug-likeness (QED) is 0.183. The Labute approximate surface area is 248 Å². The van der Waals surface area contributed by atoms with Crippen LogP contribution in [0.15, 0.2) is 97.6 Å². The lowest BCUT2D eigenvalue weighted by Gasteiger charge is -2.29. The van der Waals surface area contributed by atoms with Gasteiger partial charge in [0.2, 0.25) is 10.0 Å². The number of rotatable bonds is 13. The fraction of sp³-hybridized carbons (Fsp3) is 0.265. The van der Waals surface area contributed by atoms with Crippen LogP contribution >= 0.6 is 0 Å². The second-order valence-corrected chi connectivity index (χ2v) is 13.5. The van der Waals surface area contributed by atoms with Crippen LogP contribution in [-0.2, 0) is 27.0 Å². The molecular weight excluding hydrogens is 548 g/mol. The van der Waals surface area contributed by atoms with Crippen LogP contribution in [0.2, 0.25) is 0 Å². The number of aliphatic hydroxyl groups is 1. The van der Waals surface area contributed by atoms with Crippen LogP contribution in [0.25, 0.3) is 27.5 Å². The molecule has 3 N–H and O–H groups in total. The number of nitrogens with one attached hydrogen (secondary N) is 1. The van der Waals surface area contributed by atoms with Crippen molar-refractivity contribution in [3.05, 3.63) is 114 Å². The Hall–Kier alpha value is -3.82. The topological polar surface area (TPSA) is 107 Å². The van der Waals surface area contributed by atoms with Gasteiger partial charge in [0.25, 0.3) is 0 Å². The van der Waals surface area contributed by atoms with Gasteiger partial charge in [-0.3, -0.25) is 0 Å². The van der Waals surface area contributed by atoms with Gasteiger partial charge >= 0.3 is 5.97 Å². The molecule has 42 heavy (non-hydrogen) atoms. The molecule has 0 aromatic heterocycles. The number of carboxylic acid groups (broad SMARTS) is 1. The zero-order valence-electron chi connectivity index (χ0n) is 24.2. The van der Waals surface area contributed by atoms with Gasteiger partial charge in [-0.1, -0.05) is 91.5 Å². The number of sulfonamides is 1. The van der Waals surface area contributed by atoms with Crippen molar-refractivity contribution in [2.75, 3.05) is 20.1 Å². The van der Waals surface area contributed by atoms with Crippen molar-refractivity contribution in [3.8, 4) is 11.1 Å². The first-order valence-electron chi connectivity index (χ1n) is 13.8. The molecule has 220 valence electrons. The van der Waals surface area contributed by atoms with Crippen molar-refractivity contribution in [1.29, 1.82) is 0 Å². The van der Waals surface area contributed by atoms with Gasteiger partial charge in [0.15, 0.2) is 0 Å². The Balaban J connectivity index is 1.34. The first kappa shape index (κ1) is 31.1. The summed E-state index contributed by atoms with van der Waals surface area (Å²) in [5, 5.41) is 25.7. The molecule has 1 unspecified atom stereocenters. The number of carboxylic acids is 1. The summed E-state index contributed by atoms with van der Waals surface area (Å²) in [5.41, 5.74) is 3.46. The second kappa shape index (κ2) is 13.0. The molecule has 0 aliphatic carbocycles. The summed E-state index contributed by atoms with van der Waals surface area (Å²) >= 11 is 0. The summed E-state index contributed by atoms with van der Waals surface area (Å²) in [6.45, 7) is 7.95. The van der Waals surface area contributed by atoms with Gasteiger partial charge in [0, 0.05) is 25.7 Å². The van der Waals surface area contributed by atoms with E-state index in [9.17, 15) is 23.4 Å². The van der Waals surface area contributed by atoms with Crippen LogP contribution < -0.4 is 5.32 Å². The third-order valence-electron chi connectivity index (χ3n) is 7.30. The minimum Gasteiger partial charge on any atom is -0.478 e. The molecule has 0 aliphatic heterocycles. The molecule has 0 fully saturated rings. The molecule has 0 spiro atoms. The molecule has 0 heterocycles. The van der Waals surface area contributed by atoms with E-state index in [1.54, 1.807) is 36.4 Å². The monoisotopic (exact) mass is 586 g/mol. The van der Waals surface area contributed by atoms with Crippen LogP contribution in [0.4, 0.5) is 0 Å². The minimum atomic E-state index is -3.71. The molecule has 0 saturated heterocycles. The van der Waals surface area contributed by atoms with Crippen LogP contribution in [0.5, 0.6) is 0 Å². The van der Waals surface area contributed by atoms with Gasteiger partial charge < -0.3 is 15.5 Å². The lowest BCUT2D eigenvalue weighted by atomic mass is 9.93. The van der Waals surface area contributed by atoms with Crippen LogP contribution in [-0.4, -0.2) is 60.7 Å². The van der Waals surface area contributed by atoms with Crippen LogP contribution in [0, 0.1) is 0 Å². The number of benzene rings is 4. The molecule has 4 aromatic carbocycles. The van der Waals surface area contributed by atoms with Gasteiger partial charge in [-0.15, -0.1) is 0 Å². The third-order valence-corrected chi connectivity index (χ3v) is 9.09. The minimum absolute atomic E-state index is 0.0117. The average molecular weight is 587 g/mol. The Bertz CT molecular complexity index is 1700. The first-order chi connectivity index (χ1) is 19.8. The molecule has 0 aliphatic rings. The summed E-state index contributed by atoms with van der Waals surface area (Å²) in [7, 11) is -2.23. The highest BCUT2D eigenvalue weighted by molar-refractivity contribution is 7.88. The van der Waals surface area contributed by atoms with Crippen LogP contribution in [0.1, 0.15) is 30.5 Å². The number of nitrogens with zero attached hydrogens (tertiary/aromatic N) is 1. The lowest BCUT2D eigenvalue weighted by Crippen LogP contribution is -2.47. The molecule has 0 saturated carbocycles. The maximum atomic E-state index is 13.2.